The number of esters is 1. The number of hydrogen-bond acceptors (Lipinski definition) is 4. The highest BCUT2D eigenvalue weighted by Crippen LogP contribution is 1.93. The number of carbonyl (C=O) groups is 1. The van der Waals surface area contributed by atoms with Crippen LogP contribution in [0.2, 0.25) is 0 Å². The maximum atomic E-state index is 10.8. The number of hydrogen-bond donors (Lipinski definition) is 1. The molecule has 4 nitrogen and oxygen atoms in total. The van der Waals surface area contributed by atoms with Gasteiger partial charge in [0, 0.05) is 7.11 Å². The zero-order valence-electron chi connectivity index (χ0n) is 7.57. The van der Waals surface area contributed by atoms with E-state index >= 15 is 0 Å². The Hall–Kier alpha value is -0.320. The second-order valence-corrected chi connectivity index (χ2v) is 2.49. The van der Waals surface area contributed by atoms with Crippen molar-refractivity contribution in [2.75, 3.05) is 13.7 Å². The van der Waals surface area contributed by atoms with Gasteiger partial charge in [-0.2, -0.15) is 0 Å². The molecule has 74 valence electrons. The molecule has 0 heterocycles. The van der Waals surface area contributed by atoms with Crippen molar-refractivity contribution in [3.8, 4) is 0 Å². The molecule has 0 radical (unpaired) electrons. The molecule has 12 heavy (non-hydrogen) atoms. The van der Waals surface area contributed by atoms with Gasteiger partial charge in [0.1, 0.15) is 12.1 Å². The molecule has 5 heteroatoms. The van der Waals surface area contributed by atoms with E-state index in [1.165, 1.54) is 0 Å². The highest BCUT2D eigenvalue weighted by Gasteiger charge is 2.12. The third-order valence-electron chi connectivity index (χ3n) is 1.09. The summed E-state index contributed by atoms with van der Waals surface area (Å²) in [5.41, 5.74) is 5.27. The minimum absolute atomic E-state index is 0. The van der Waals surface area contributed by atoms with E-state index in [0.717, 1.165) is 0 Å². The van der Waals surface area contributed by atoms with Gasteiger partial charge in [-0.1, -0.05) is 0 Å². The third kappa shape index (κ3) is 6.39. The zero-order valence-corrected chi connectivity index (χ0v) is 8.39. The van der Waals surface area contributed by atoms with Gasteiger partial charge in [0.05, 0.1) is 6.61 Å². The average Bonchev–Trinajstić information content (AvgIpc) is 1.87. The first kappa shape index (κ1) is 14.2. The molecule has 0 aliphatic rings. The highest BCUT2D eigenvalue weighted by atomic mass is 35.5. The smallest absolute Gasteiger partial charge is 0.322 e. The fourth-order valence-electron chi connectivity index (χ4n) is 0.574. The Morgan fingerprint density at radius 1 is 1.50 bits per heavy atom. The monoisotopic (exact) mass is 197 g/mol. The van der Waals surface area contributed by atoms with E-state index in [0.29, 0.717) is 6.61 Å². The van der Waals surface area contributed by atoms with E-state index in [1.54, 1.807) is 21.0 Å². The van der Waals surface area contributed by atoms with Crippen LogP contribution in [0, 0.1) is 0 Å². The summed E-state index contributed by atoms with van der Waals surface area (Å²) >= 11 is 0. The number of methoxy groups -OCH3 is 1. The average molecular weight is 198 g/mol. The van der Waals surface area contributed by atoms with Crippen LogP contribution in [0.5, 0.6) is 0 Å². The molecular formula is C7H16ClNO3. The summed E-state index contributed by atoms with van der Waals surface area (Å²) in [6.07, 6.45) is -0.224. The SMILES string of the molecule is COC[C@H](C)OC(=O)[C@@H](C)N.Cl. The number of ether oxygens (including phenoxy) is 2. The second-order valence-electron chi connectivity index (χ2n) is 2.49. The molecule has 0 fully saturated rings. The normalized spacial score (nSPS) is 14.3. The molecule has 0 amide bonds. The number of halogens is 1. The fourth-order valence-corrected chi connectivity index (χ4v) is 0.574. The van der Waals surface area contributed by atoms with Gasteiger partial charge in [-0.15, -0.1) is 12.4 Å². The molecule has 0 aliphatic heterocycles. The molecule has 0 aliphatic carbocycles. The van der Waals surface area contributed by atoms with Gasteiger partial charge in [0.15, 0.2) is 0 Å². The lowest BCUT2D eigenvalue weighted by Gasteiger charge is -2.13. The molecular weight excluding hydrogens is 182 g/mol. The summed E-state index contributed by atoms with van der Waals surface area (Å²) < 4.78 is 9.63. The molecule has 2 N–H and O–H groups in total. The van der Waals surface area contributed by atoms with Gasteiger partial charge in [0.2, 0.25) is 0 Å². The van der Waals surface area contributed by atoms with E-state index in [4.69, 9.17) is 15.2 Å². The third-order valence-corrected chi connectivity index (χ3v) is 1.09. The lowest BCUT2D eigenvalue weighted by atomic mass is 10.3. The minimum Gasteiger partial charge on any atom is -0.459 e. The minimum atomic E-state index is -0.561. The Bertz CT molecular complexity index is 130. The highest BCUT2D eigenvalue weighted by molar-refractivity contribution is 5.85. The standard InChI is InChI=1S/C7H15NO3.ClH/c1-5(4-10-3)11-7(9)6(2)8;/h5-6H,4,8H2,1-3H3;1H/t5-,6+;/m0./s1. The summed E-state index contributed by atoms with van der Waals surface area (Å²) in [6.45, 7) is 3.74. The van der Waals surface area contributed by atoms with Crippen LogP contribution in [0.3, 0.4) is 0 Å². The molecule has 0 spiro atoms. The predicted molar refractivity (Wildman–Crippen MR) is 48.3 cm³/mol. The molecule has 0 saturated carbocycles. The molecule has 0 aromatic carbocycles. The number of carbonyl (C=O) groups excluding carboxylic acids is 1. The first-order chi connectivity index (χ1) is 5.07. The van der Waals surface area contributed by atoms with Gasteiger partial charge in [-0.05, 0) is 13.8 Å². The molecule has 0 saturated heterocycles. The van der Waals surface area contributed by atoms with Crippen molar-refractivity contribution in [3.05, 3.63) is 0 Å². The molecule has 0 aromatic rings. The van der Waals surface area contributed by atoms with Crippen molar-refractivity contribution in [1.29, 1.82) is 0 Å². The summed E-state index contributed by atoms with van der Waals surface area (Å²) in [6, 6.07) is -0.561. The van der Waals surface area contributed by atoms with E-state index < -0.39 is 12.0 Å². The van der Waals surface area contributed by atoms with Crippen molar-refractivity contribution in [2.24, 2.45) is 5.73 Å². The Morgan fingerprint density at radius 2 is 2.00 bits per heavy atom. The predicted octanol–water partition coefficient (Wildman–Crippen LogP) is 0.334. The van der Waals surface area contributed by atoms with Crippen molar-refractivity contribution in [3.63, 3.8) is 0 Å². The fraction of sp³-hybridized carbons (Fsp3) is 0.857. The molecule has 0 rings (SSSR count). The Morgan fingerprint density at radius 3 is 2.33 bits per heavy atom. The van der Waals surface area contributed by atoms with Crippen LogP contribution in [-0.2, 0) is 14.3 Å². The Kier molecular flexibility index (Phi) is 8.69. The van der Waals surface area contributed by atoms with Crippen LogP contribution in [0.25, 0.3) is 0 Å². The topological polar surface area (TPSA) is 61.5 Å². The van der Waals surface area contributed by atoms with Crippen LogP contribution in [0.1, 0.15) is 13.8 Å². The quantitative estimate of drug-likeness (QED) is 0.660. The maximum Gasteiger partial charge on any atom is 0.322 e. The zero-order chi connectivity index (χ0) is 8.85. The molecule has 0 aromatic heterocycles. The van der Waals surface area contributed by atoms with Crippen LogP contribution >= 0.6 is 12.4 Å². The van der Waals surface area contributed by atoms with Crippen molar-refractivity contribution in [1.82, 2.24) is 0 Å². The van der Waals surface area contributed by atoms with Crippen LogP contribution < -0.4 is 5.73 Å². The summed E-state index contributed by atoms with van der Waals surface area (Å²) in [5, 5.41) is 0. The number of nitrogens with two attached hydrogens (primary N) is 1. The molecule has 2 atom stereocenters. The van der Waals surface area contributed by atoms with Crippen molar-refractivity contribution >= 4 is 18.4 Å². The van der Waals surface area contributed by atoms with Crippen LogP contribution in [0.15, 0.2) is 0 Å². The lowest BCUT2D eigenvalue weighted by Crippen LogP contribution is -2.32. The largest absolute Gasteiger partial charge is 0.459 e. The van der Waals surface area contributed by atoms with Crippen LogP contribution in [-0.4, -0.2) is 31.8 Å². The van der Waals surface area contributed by atoms with Crippen molar-refractivity contribution in [2.45, 2.75) is 26.0 Å². The lowest BCUT2D eigenvalue weighted by molar-refractivity contribution is -0.151. The summed E-state index contributed by atoms with van der Waals surface area (Å²) in [5.74, 6) is -0.394. The molecule has 0 bridgehead atoms. The van der Waals surface area contributed by atoms with Crippen LogP contribution in [0.4, 0.5) is 0 Å². The van der Waals surface area contributed by atoms with E-state index in [1.807, 2.05) is 0 Å². The van der Waals surface area contributed by atoms with Crippen molar-refractivity contribution < 1.29 is 14.3 Å². The first-order valence-corrected chi connectivity index (χ1v) is 3.53. The Balaban J connectivity index is 0. The van der Waals surface area contributed by atoms with E-state index in [-0.39, 0.29) is 18.5 Å². The first-order valence-electron chi connectivity index (χ1n) is 3.53. The second kappa shape index (κ2) is 7.34. The Labute approximate surface area is 78.8 Å². The van der Waals surface area contributed by atoms with E-state index in [9.17, 15) is 4.79 Å². The number of rotatable bonds is 4. The molecule has 0 unspecified atom stereocenters. The van der Waals surface area contributed by atoms with Gasteiger partial charge in [-0.3, -0.25) is 4.79 Å². The van der Waals surface area contributed by atoms with Gasteiger partial charge >= 0.3 is 5.97 Å². The van der Waals surface area contributed by atoms with Gasteiger partial charge in [0.25, 0.3) is 0 Å². The van der Waals surface area contributed by atoms with Gasteiger partial charge in [-0.25, -0.2) is 0 Å². The summed E-state index contributed by atoms with van der Waals surface area (Å²) in [7, 11) is 1.55. The maximum absolute atomic E-state index is 10.8. The van der Waals surface area contributed by atoms with E-state index in [2.05, 4.69) is 0 Å². The van der Waals surface area contributed by atoms with Gasteiger partial charge < -0.3 is 15.2 Å². The summed E-state index contributed by atoms with van der Waals surface area (Å²) in [4.78, 5) is 10.8.